The first-order chi connectivity index (χ1) is 10.8. The molecule has 23 heavy (non-hydrogen) atoms. The number of benzene rings is 1. The minimum atomic E-state index is -0.440. The van der Waals surface area contributed by atoms with Crippen LogP contribution in [0.5, 0.6) is 5.75 Å². The molecule has 128 valence electrons. The van der Waals surface area contributed by atoms with Gasteiger partial charge in [-0.15, -0.1) is 0 Å². The van der Waals surface area contributed by atoms with Gasteiger partial charge in [0.25, 0.3) is 11.6 Å². The molecule has 1 atom stereocenters. The Balaban J connectivity index is 2.38. The van der Waals surface area contributed by atoms with E-state index in [-0.39, 0.29) is 24.2 Å². The molecule has 0 aliphatic rings. The van der Waals surface area contributed by atoms with Gasteiger partial charge in [0.15, 0.2) is 6.61 Å². The number of ether oxygens (including phenoxy) is 1. The van der Waals surface area contributed by atoms with Crippen LogP contribution in [0.25, 0.3) is 0 Å². The average Bonchev–Trinajstić information content (AvgIpc) is 2.44. The van der Waals surface area contributed by atoms with Crippen LogP contribution in [-0.2, 0) is 4.79 Å². The summed E-state index contributed by atoms with van der Waals surface area (Å²) in [4.78, 5) is 22.1. The van der Waals surface area contributed by atoms with Gasteiger partial charge in [-0.05, 0) is 38.3 Å². The molecule has 1 aromatic carbocycles. The molecular weight excluding hydrogens is 296 g/mol. The zero-order valence-corrected chi connectivity index (χ0v) is 14.3. The molecule has 0 unspecified atom stereocenters. The van der Waals surface area contributed by atoms with Crippen molar-refractivity contribution < 1.29 is 14.5 Å². The van der Waals surface area contributed by atoms with Crippen LogP contribution in [0.1, 0.15) is 45.6 Å². The van der Waals surface area contributed by atoms with E-state index < -0.39 is 4.92 Å². The maximum absolute atomic E-state index is 11.8. The number of hydrogen-bond acceptors (Lipinski definition) is 4. The van der Waals surface area contributed by atoms with Gasteiger partial charge in [-0.3, -0.25) is 14.9 Å². The Bertz CT molecular complexity index is 543. The summed E-state index contributed by atoms with van der Waals surface area (Å²) < 4.78 is 5.39. The third kappa shape index (κ3) is 7.13. The van der Waals surface area contributed by atoms with E-state index >= 15 is 0 Å². The molecule has 0 radical (unpaired) electrons. The molecule has 1 aromatic rings. The lowest BCUT2D eigenvalue weighted by atomic mass is 10.0. The van der Waals surface area contributed by atoms with E-state index in [9.17, 15) is 14.9 Å². The molecule has 1 N–H and O–H groups in total. The van der Waals surface area contributed by atoms with Crippen LogP contribution in [0.3, 0.4) is 0 Å². The number of hydrogen-bond donors (Lipinski definition) is 1. The van der Waals surface area contributed by atoms with Crippen molar-refractivity contribution >= 4 is 11.6 Å². The second kappa shape index (κ2) is 9.12. The summed E-state index contributed by atoms with van der Waals surface area (Å²) in [7, 11) is 0. The Kier molecular flexibility index (Phi) is 7.51. The molecule has 1 amide bonds. The number of nitro groups is 1. The van der Waals surface area contributed by atoms with Gasteiger partial charge in [0.05, 0.1) is 4.92 Å². The third-order valence-electron chi connectivity index (χ3n) is 3.56. The predicted octanol–water partition coefficient (Wildman–Crippen LogP) is 3.61. The zero-order chi connectivity index (χ0) is 17.4. The van der Waals surface area contributed by atoms with E-state index in [1.807, 2.05) is 6.92 Å². The highest BCUT2D eigenvalue weighted by atomic mass is 16.6. The summed E-state index contributed by atoms with van der Waals surface area (Å²) >= 11 is 0. The number of aryl methyl sites for hydroxylation is 1. The quantitative estimate of drug-likeness (QED) is 0.556. The molecule has 6 heteroatoms. The van der Waals surface area contributed by atoms with E-state index in [1.54, 1.807) is 13.0 Å². The maximum Gasteiger partial charge on any atom is 0.272 e. The lowest BCUT2D eigenvalue weighted by Gasteiger charge is -2.15. The minimum Gasteiger partial charge on any atom is -0.484 e. The van der Waals surface area contributed by atoms with Gasteiger partial charge in [0.1, 0.15) is 5.75 Å². The van der Waals surface area contributed by atoms with Crippen LogP contribution < -0.4 is 10.1 Å². The second-order valence-corrected chi connectivity index (χ2v) is 6.29. The smallest absolute Gasteiger partial charge is 0.272 e. The number of carbonyl (C=O) groups excluding carboxylic acids is 1. The Morgan fingerprint density at radius 1 is 1.30 bits per heavy atom. The van der Waals surface area contributed by atoms with Crippen molar-refractivity contribution in [2.24, 2.45) is 5.92 Å². The van der Waals surface area contributed by atoms with Crippen molar-refractivity contribution in [3.8, 4) is 5.75 Å². The summed E-state index contributed by atoms with van der Waals surface area (Å²) in [5, 5.41) is 13.6. The molecule has 0 heterocycles. The normalized spacial score (nSPS) is 12.0. The molecule has 0 fully saturated rings. The van der Waals surface area contributed by atoms with Gasteiger partial charge in [-0.25, -0.2) is 0 Å². The van der Waals surface area contributed by atoms with Crippen LogP contribution in [0.2, 0.25) is 0 Å². The first-order valence-corrected chi connectivity index (χ1v) is 7.96. The molecule has 0 saturated carbocycles. The minimum absolute atomic E-state index is 0.0422. The van der Waals surface area contributed by atoms with Gasteiger partial charge in [-0.1, -0.05) is 26.7 Å². The lowest BCUT2D eigenvalue weighted by Crippen LogP contribution is -2.36. The Morgan fingerprint density at radius 3 is 2.57 bits per heavy atom. The third-order valence-corrected chi connectivity index (χ3v) is 3.56. The van der Waals surface area contributed by atoms with Gasteiger partial charge < -0.3 is 10.1 Å². The molecule has 6 nitrogen and oxygen atoms in total. The van der Waals surface area contributed by atoms with Crippen LogP contribution in [0, 0.1) is 23.0 Å². The van der Waals surface area contributed by atoms with Gasteiger partial charge in [-0.2, -0.15) is 0 Å². The number of nitrogens with zero attached hydrogens (tertiary/aromatic N) is 1. The highest BCUT2D eigenvalue weighted by molar-refractivity contribution is 5.77. The number of amides is 1. The van der Waals surface area contributed by atoms with E-state index in [4.69, 9.17) is 4.74 Å². The highest BCUT2D eigenvalue weighted by Crippen LogP contribution is 2.22. The number of rotatable bonds is 9. The fourth-order valence-electron chi connectivity index (χ4n) is 2.29. The summed E-state index contributed by atoms with van der Waals surface area (Å²) in [5.74, 6) is 0.945. The Labute approximate surface area is 137 Å². The fourth-order valence-corrected chi connectivity index (χ4v) is 2.29. The highest BCUT2D eigenvalue weighted by Gasteiger charge is 2.12. The number of nitro benzene ring substituents is 1. The summed E-state index contributed by atoms with van der Waals surface area (Å²) in [6.45, 7) is 7.90. The monoisotopic (exact) mass is 322 g/mol. The maximum atomic E-state index is 11.8. The second-order valence-electron chi connectivity index (χ2n) is 6.29. The predicted molar refractivity (Wildman–Crippen MR) is 89.6 cm³/mol. The summed E-state index contributed by atoms with van der Waals surface area (Å²) in [6.07, 6.45) is 3.18. The molecule has 0 bridgehead atoms. The SMILES string of the molecule is Cc1cc(OCC(=O)N[C@@H](C)CCCC(C)C)ccc1[N+](=O)[O-]. The van der Waals surface area contributed by atoms with Crippen LogP contribution in [0.4, 0.5) is 5.69 Å². The molecule has 0 spiro atoms. The van der Waals surface area contributed by atoms with Crippen molar-refractivity contribution in [1.82, 2.24) is 5.32 Å². The van der Waals surface area contributed by atoms with Crippen LogP contribution >= 0.6 is 0 Å². The van der Waals surface area contributed by atoms with Crippen LogP contribution in [-0.4, -0.2) is 23.5 Å². The number of carbonyl (C=O) groups is 1. The summed E-state index contributed by atoms with van der Waals surface area (Å²) in [5.41, 5.74) is 0.551. The summed E-state index contributed by atoms with van der Waals surface area (Å²) in [6, 6.07) is 4.57. The van der Waals surface area contributed by atoms with E-state index in [1.165, 1.54) is 12.1 Å². The van der Waals surface area contributed by atoms with Crippen molar-refractivity contribution in [2.75, 3.05) is 6.61 Å². The molecular formula is C17H26N2O4. The molecule has 0 aliphatic heterocycles. The van der Waals surface area contributed by atoms with Crippen molar-refractivity contribution in [3.63, 3.8) is 0 Å². The van der Waals surface area contributed by atoms with Crippen molar-refractivity contribution in [3.05, 3.63) is 33.9 Å². The molecule has 0 aliphatic carbocycles. The van der Waals surface area contributed by atoms with Crippen LogP contribution in [0.15, 0.2) is 18.2 Å². The molecule has 0 saturated heterocycles. The Hall–Kier alpha value is -2.11. The molecule has 0 aromatic heterocycles. The van der Waals surface area contributed by atoms with Gasteiger partial charge in [0.2, 0.25) is 0 Å². The topological polar surface area (TPSA) is 81.5 Å². The van der Waals surface area contributed by atoms with E-state index in [2.05, 4.69) is 19.2 Å². The fraction of sp³-hybridized carbons (Fsp3) is 0.588. The largest absolute Gasteiger partial charge is 0.484 e. The van der Waals surface area contributed by atoms with E-state index in [0.717, 1.165) is 19.3 Å². The first-order valence-electron chi connectivity index (χ1n) is 7.96. The number of nitrogens with one attached hydrogen (secondary N) is 1. The standard InChI is InChI=1S/C17H26N2O4/c1-12(2)6-5-7-14(4)18-17(20)11-23-15-8-9-16(19(21)22)13(3)10-15/h8-10,12,14H,5-7,11H2,1-4H3,(H,18,20)/t14-/m0/s1. The van der Waals surface area contributed by atoms with Crippen molar-refractivity contribution in [1.29, 1.82) is 0 Å². The lowest BCUT2D eigenvalue weighted by molar-refractivity contribution is -0.385. The van der Waals surface area contributed by atoms with Gasteiger partial charge >= 0.3 is 0 Å². The average molecular weight is 322 g/mol. The molecule has 1 rings (SSSR count). The first kappa shape index (κ1) is 18.9. The van der Waals surface area contributed by atoms with Crippen molar-refractivity contribution in [2.45, 2.75) is 53.0 Å². The zero-order valence-electron chi connectivity index (χ0n) is 14.3. The van der Waals surface area contributed by atoms with E-state index in [0.29, 0.717) is 17.2 Å². The Morgan fingerprint density at radius 2 is 2.00 bits per heavy atom. The van der Waals surface area contributed by atoms with Gasteiger partial charge in [0, 0.05) is 17.7 Å².